The minimum Gasteiger partial charge on any atom is -0.462 e. The molecule has 0 saturated carbocycles. The SMILES string of the molecule is CCOC(=O)c1ccc(CN2CC[C@@H](CNCC(=O)OC(C)(C)C)C2)c(C(F)(F)F)c1. The lowest BCUT2D eigenvalue weighted by molar-refractivity contribution is -0.153. The Hall–Kier alpha value is -2.13. The summed E-state index contributed by atoms with van der Waals surface area (Å²) in [5.41, 5.74) is -1.34. The number of nitrogens with one attached hydrogen (secondary N) is 1. The maximum absolute atomic E-state index is 13.6. The zero-order valence-corrected chi connectivity index (χ0v) is 18.5. The van der Waals surface area contributed by atoms with E-state index in [0.29, 0.717) is 19.6 Å². The number of carbonyl (C=O) groups is 2. The van der Waals surface area contributed by atoms with Gasteiger partial charge in [0.15, 0.2) is 0 Å². The molecule has 174 valence electrons. The van der Waals surface area contributed by atoms with Crippen molar-refractivity contribution < 1.29 is 32.2 Å². The molecule has 0 aliphatic carbocycles. The molecule has 0 unspecified atom stereocenters. The lowest BCUT2D eigenvalue weighted by atomic mass is 10.0. The summed E-state index contributed by atoms with van der Waals surface area (Å²) in [6.45, 7) is 9.21. The van der Waals surface area contributed by atoms with Gasteiger partial charge in [0.1, 0.15) is 5.60 Å². The van der Waals surface area contributed by atoms with Gasteiger partial charge in [-0.3, -0.25) is 9.69 Å². The predicted octanol–water partition coefficient (Wildman–Crippen LogP) is 3.64. The number of benzene rings is 1. The first-order chi connectivity index (χ1) is 14.4. The highest BCUT2D eigenvalue weighted by atomic mass is 19.4. The number of hydrogen-bond donors (Lipinski definition) is 1. The Balaban J connectivity index is 1.93. The van der Waals surface area contributed by atoms with E-state index in [1.54, 1.807) is 27.7 Å². The van der Waals surface area contributed by atoms with Crippen molar-refractivity contribution in [2.75, 3.05) is 32.8 Å². The van der Waals surface area contributed by atoms with E-state index in [1.807, 2.05) is 4.90 Å². The van der Waals surface area contributed by atoms with Gasteiger partial charge in [-0.1, -0.05) is 6.07 Å². The third kappa shape index (κ3) is 8.14. The van der Waals surface area contributed by atoms with Crippen LogP contribution in [0.3, 0.4) is 0 Å². The van der Waals surface area contributed by atoms with Crippen LogP contribution in [0.1, 0.15) is 55.6 Å². The molecule has 1 saturated heterocycles. The van der Waals surface area contributed by atoms with Gasteiger partial charge in [0, 0.05) is 13.1 Å². The minimum absolute atomic E-state index is 0.0963. The van der Waals surface area contributed by atoms with Gasteiger partial charge in [0.05, 0.1) is 24.3 Å². The first-order valence-electron chi connectivity index (χ1n) is 10.4. The number of rotatable bonds is 8. The van der Waals surface area contributed by atoms with E-state index in [2.05, 4.69) is 5.32 Å². The number of likely N-dealkylation sites (tertiary alicyclic amines) is 1. The number of halogens is 3. The number of ether oxygens (including phenoxy) is 2. The van der Waals surface area contributed by atoms with Crippen LogP contribution in [0, 0.1) is 5.92 Å². The Morgan fingerprint density at radius 1 is 1.23 bits per heavy atom. The summed E-state index contributed by atoms with van der Waals surface area (Å²) < 4.78 is 50.7. The average Bonchev–Trinajstić information content (AvgIpc) is 3.07. The van der Waals surface area contributed by atoms with Crippen molar-refractivity contribution in [1.82, 2.24) is 10.2 Å². The Morgan fingerprint density at radius 3 is 2.55 bits per heavy atom. The molecular weight excluding hydrogens is 413 g/mol. The first kappa shape index (κ1) is 25.1. The molecule has 1 fully saturated rings. The summed E-state index contributed by atoms with van der Waals surface area (Å²) in [5, 5.41) is 3.07. The Morgan fingerprint density at radius 2 is 1.94 bits per heavy atom. The van der Waals surface area contributed by atoms with Crippen LogP contribution < -0.4 is 5.32 Å². The summed E-state index contributed by atoms with van der Waals surface area (Å²) in [6.07, 6.45) is -3.74. The van der Waals surface area contributed by atoms with E-state index in [0.717, 1.165) is 12.5 Å². The van der Waals surface area contributed by atoms with E-state index in [9.17, 15) is 22.8 Å². The Labute approximate surface area is 181 Å². The monoisotopic (exact) mass is 444 g/mol. The molecule has 2 rings (SSSR count). The summed E-state index contributed by atoms with van der Waals surface area (Å²) in [7, 11) is 0. The predicted molar refractivity (Wildman–Crippen MR) is 109 cm³/mol. The van der Waals surface area contributed by atoms with Gasteiger partial charge < -0.3 is 14.8 Å². The highest BCUT2D eigenvalue weighted by Crippen LogP contribution is 2.34. The van der Waals surface area contributed by atoms with Crippen molar-refractivity contribution in [3.05, 3.63) is 34.9 Å². The molecule has 1 aliphatic heterocycles. The zero-order valence-electron chi connectivity index (χ0n) is 18.5. The molecule has 1 aromatic rings. The molecule has 1 N–H and O–H groups in total. The van der Waals surface area contributed by atoms with E-state index < -0.39 is 23.3 Å². The van der Waals surface area contributed by atoms with Crippen LogP contribution in [0.15, 0.2) is 18.2 Å². The number of hydrogen-bond acceptors (Lipinski definition) is 6. The van der Waals surface area contributed by atoms with Crippen molar-refractivity contribution in [2.24, 2.45) is 5.92 Å². The summed E-state index contributed by atoms with van der Waals surface area (Å²) >= 11 is 0. The summed E-state index contributed by atoms with van der Waals surface area (Å²) in [4.78, 5) is 25.5. The molecule has 0 aromatic heterocycles. The van der Waals surface area contributed by atoms with Crippen LogP contribution in [0.25, 0.3) is 0 Å². The lowest BCUT2D eigenvalue weighted by Crippen LogP contribution is -2.34. The van der Waals surface area contributed by atoms with Gasteiger partial charge >= 0.3 is 18.1 Å². The van der Waals surface area contributed by atoms with Crippen LogP contribution >= 0.6 is 0 Å². The zero-order chi connectivity index (χ0) is 23.2. The standard InChI is InChI=1S/C22H31F3N2O4/c1-5-30-20(29)16-6-7-17(18(10-16)22(23,24)25)14-27-9-8-15(13-27)11-26-12-19(28)31-21(2,3)4/h6-7,10,15,26H,5,8-9,11-14H2,1-4H3/t15-/m0/s1. The molecule has 31 heavy (non-hydrogen) atoms. The normalized spacial score (nSPS) is 17.6. The third-order valence-electron chi connectivity index (χ3n) is 4.81. The van der Waals surface area contributed by atoms with E-state index in [4.69, 9.17) is 9.47 Å². The molecule has 0 amide bonds. The number of esters is 2. The second kappa shape index (κ2) is 10.5. The molecule has 1 aliphatic rings. The smallest absolute Gasteiger partial charge is 0.416 e. The van der Waals surface area contributed by atoms with Gasteiger partial charge in [-0.15, -0.1) is 0 Å². The van der Waals surface area contributed by atoms with Crippen LogP contribution in [0.4, 0.5) is 13.2 Å². The fourth-order valence-electron chi connectivity index (χ4n) is 3.54. The molecule has 1 atom stereocenters. The largest absolute Gasteiger partial charge is 0.462 e. The summed E-state index contributed by atoms with van der Waals surface area (Å²) in [5.74, 6) is -0.869. The molecule has 0 spiro atoms. The molecular formula is C22H31F3N2O4. The second-order valence-electron chi connectivity index (χ2n) is 8.70. The summed E-state index contributed by atoms with van der Waals surface area (Å²) in [6, 6.07) is 3.59. The van der Waals surface area contributed by atoms with Gasteiger partial charge in [-0.2, -0.15) is 13.2 Å². The van der Waals surface area contributed by atoms with Crippen molar-refractivity contribution >= 4 is 11.9 Å². The Kier molecular flexibility index (Phi) is 8.48. The van der Waals surface area contributed by atoms with Crippen molar-refractivity contribution in [1.29, 1.82) is 0 Å². The first-order valence-corrected chi connectivity index (χ1v) is 10.4. The minimum atomic E-state index is -4.56. The molecule has 6 nitrogen and oxygen atoms in total. The van der Waals surface area contributed by atoms with Crippen molar-refractivity contribution in [3.63, 3.8) is 0 Å². The van der Waals surface area contributed by atoms with E-state index in [-0.39, 0.29) is 42.7 Å². The van der Waals surface area contributed by atoms with E-state index >= 15 is 0 Å². The maximum atomic E-state index is 13.6. The van der Waals surface area contributed by atoms with Crippen LogP contribution in [-0.4, -0.2) is 55.2 Å². The van der Waals surface area contributed by atoms with Gasteiger partial charge in [0.25, 0.3) is 0 Å². The topological polar surface area (TPSA) is 67.9 Å². The quantitative estimate of drug-likeness (QED) is 0.618. The van der Waals surface area contributed by atoms with Crippen molar-refractivity contribution in [3.8, 4) is 0 Å². The fraction of sp³-hybridized carbons (Fsp3) is 0.636. The Bertz CT molecular complexity index is 775. The number of nitrogens with zero attached hydrogens (tertiary/aromatic N) is 1. The third-order valence-corrected chi connectivity index (χ3v) is 4.81. The van der Waals surface area contributed by atoms with Gasteiger partial charge in [0.2, 0.25) is 0 Å². The highest BCUT2D eigenvalue weighted by molar-refractivity contribution is 5.89. The molecule has 9 heteroatoms. The second-order valence-corrected chi connectivity index (χ2v) is 8.70. The average molecular weight is 444 g/mol. The number of alkyl halides is 3. The number of carbonyl (C=O) groups excluding carboxylic acids is 2. The molecule has 1 heterocycles. The maximum Gasteiger partial charge on any atom is 0.416 e. The van der Waals surface area contributed by atoms with Crippen LogP contribution in [-0.2, 0) is 27.0 Å². The fourth-order valence-corrected chi connectivity index (χ4v) is 3.54. The molecule has 1 aromatic carbocycles. The molecule has 0 radical (unpaired) electrons. The van der Waals surface area contributed by atoms with Crippen molar-refractivity contribution in [2.45, 2.75) is 52.4 Å². The highest BCUT2D eigenvalue weighted by Gasteiger charge is 2.35. The van der Waals surface area contributed by atoms with Gasteiger partial charge in [-0.25, -0.2) is 4.79 Å². The molecule has 0 bridgehead atoms. The van der Waals surface area contributed by atoms with Crippen LogP contribution in [0.5, 0.6) is 0 Å². The lowest BCUT2D eigenvalue weighted by Gasteiger charge is -2.21. The van der Waals surface area contributed by atoms with E-state index in [1.165, 1.54) is 12.1 Å². The van der Waals surface area contributed by atoms with Crippen LogP contribution in [0.2, 0.25) is 0 Å². The van der Waals surface area contributed by atoms with Gasteiger partial charge in [-0.05, 0) is 70.8 Å².